The molecule has 0 aromatic heterocycles. The van der Waals surface area contributed by atoms with Crippen molar-refractivity contribution in [2.75, 3.05) is 13.6 Å². The number of benzene rings is 5. The van der Waals surface area contributed by atoms with Gasteiger partial charge in [0.25, 0.3) is 0 Å². The van der Waals surface area contributed by atoms with E-state index in [4.69, 9.17) is 28.4 Å². The Balaban J connectivity index is 1.29. The minimum absolute atomic E-state index is 0.233. The molecule has 6 rings (SSSR count). The maximum absolute atomic E-state index is 13.6. The molecule has 9 heteroatoms. The summed E-state index contributed by atoms with van der Waals surface area (Å²) < 4.78 is 37.9. The molecule has 0 bridgehead atoms. The van der Waals surface area contributed by atoms with Gasteiger partial charge in [-0.1, -0.05) is 97.1 Å². The third-order valence-corrected chi connectivity index (χ3v) is 8.12. The minimum atomic E-state index is -1.09. The SMILES string of the molecule is CNC[C@H]1O[C@@H](Oc2ccc(OC(=O)c3ccccc3)cc2)[C@H](OC(=O)c2ccccc2)[C@@H](OCc2ccccc2)[C@H]1OCc1ccccc1. The summed E-state index contributed by atoms with van der Waals surface area (Å²) in [5, 5.41) is 3.19. The molecular weight excluding hydrogens is 634 g/mol. The maximum Gasteiger partial charge on any atom is 0.343 e. The summed E-state index contributed by atoms with van der Waals surface area (Å²) in [6.07, 6.45) is -4.13. The first-order valence-electron chi connectivity index (χ1n) is 16.5. The molecule has 0 amide bonds. The highest BCUT2D eigenvalue weighted by Gasteiger charge is 2.51. The van der Waals surface area contributed by atoms with Crippen LogP contribution in [-0.2, 0) is 32.2 Å². The molecule has 5 atom stereocenters. The van der Waals surface area contributed by atoms with Crippen molar-refractivity contribution in [2.45, 2.75) is 43.9 Å². The van der Waals surface area contributed by atoms with E-state index in [9.17, 15) is 9.59 Å². The number of nitrogens with one attached hydrogen (secondary N) is 1. The lowest BCUT2D eigenvalue weighted by atomic mass is 9.97. The summed E-state index contributed by atoms with van der Waals surface area (Å²) in [4.78, 5) is 26.2. The third kappa shape index (κ3) is 9.22. The van der Waals surface area contributed by atoms with E-state index >= 15 is 0 Å². The molecular formula is C41H39NO8. The molecule has 50 heavy (non-hydrogen) atoms. The van der Waals surface area contributed by atoms with Crippen LogP contribution >= 0.6 is 0 Å². The maximum atomic E-state index is 13.6. The van der Waals surface area contributed by atoms with Gasteiger partial charge in [-0.2, -0.15) is 0 Å². The van der Waals surface area contributed by atoms with Crippen molar-refractivity contribution < 1.29 is 38.0 Å². The topological polar surface area (TPSA) is 102 Å². The van der Waals surface area contributed by atoms with Crippen molar-refractivity contribution in [2.24, 2.45) is 0 Å². The van der Waals surface area contributed by atoms with Gasteiger partial charge in [0.1, 0.15) is 29.8 Å². The van der Waals surface area contributed by atoms with E-state index in [0.29, 0.717) is 29.2 Å². The Bertz CT molecular complexity index is 1770. The molecule has 5 aromatic rings. The number of carbonyl (C=O) groups is 2. The molecule has 1 fully saturated rings. The van der Waals surface area contributed by atoms with Gasteiger partial charge in [-0.15, -0.1) is 0 Å². The van der Waals surface area contributed by atoms with E-state index in [1.165, 1.54) is 0 Å². The molecule has 0 radical (unpaired) electrons. The summed E-state index contributed by atoms with van der Waals surface area (Å²) in [6, 6.07) is 43.6. The molecule has 1 heterocycles. The lowest BCUT2D eigenvalue weighted by Crippen LogP contribution is -2.63. The predicted octanol–water partition coefficient (Wildman–Crippen LogP) is 6.63. The summed E-state index contributed by atoms with van der Waals surface area (Å²) in [6.45, 7) is 0.920. The Morgan fingerprint density at radius 1 is 0.580 bits per heavy atom. The van der Waals surface area contributed by atoms with Gasteiger partial charge in [-0.3, -0.25) is 0 Å². The molecule has 0 spiro atoms. The van der Waals surface area contributed by atoms with Crippen LogP contribution in [0.5, 0.6) is 11.5 Å². The average molecular weight is 674 g/mol. The van der Waals surface area contributed by atoms with Gasteiger partial charge in [-0.25, -0.2) is 9.59 Å². The van der Waals surface area contributed by atoms with Gasteiger partial charge >= 0.3 is 11.9 Å². The third-order valence-electron chi connectivity index (χ3n) is 8.12. The van der Waals surface area contributed by atoms with Crippen LogP contribution in [0.2, 0.25) is 0 Å². The number of rotatable bonds is 14. The largest absolute Gasteiger partial charge is 0.461 e. The first kappa shape index (κ1) is 34.5. The highest BCUT2D eigenvalue weighted by Crippen LogP contribution is 2.32. The van der Waals surface area contributed by atoms with Crippen LogP contribution in [0.4, 0.5) is 0 Å². The smallest absolute Gasteiger partial charge is 0.343 e. The number of carbonyl (C=O) groups excluding carboxylic acids is 2. The number of likely N-dealkylation sites (N-methyl/N-ethyl adjacent to an activating group) is 1. The normalized spacial score (nSPS) is 20.1. The fraction of sp³-hybridized carbons (Fsp3) is 0.220. The van der Waals surface area contributed by atoms with E-state index < -0.39 is 42.6 Å². The molecule has 0 saturated carbocycles. The van der Waals surface area contributed by atoms with Crippen LogP contribution in [0.15, 0.2) is 146 Å². The lowest BCUT2D eigenvalue weighted by molar-refractivity contribution is -0.290. The minimum Gasteiger partial charge on any atom is -0.461 e. The molecule has 5 aromatic carbocycles. The molecule has 9 nitrogen and oxygen atoms in total. The van der Waals surface area contributed by atoms with Crippen molar-refractivity contribution >= 4 is 11.9 Å². The summed E-state index contributed by atoms with van der Waals surface area (Å²) in [5.74, 6) is -0.283. The first-order chi connectivity index (χ1) is 24.6. The zero-order valence-electron chi connectivity index (χ0n) is 27.6. The molecule has 0 unspecified atom stereocenters. The van der Waals surface area contributed by atoms with Crippen molar-refractivity contribution in [3.63, 3.8) is 0 Å². The van der Waals surface area contributed by atoms with Crippen LogP contribution in [0.1, 0.15) is 31.8 Å². The Morgan fingerprint density at radius 3 is 1.60 bits per heavy atom. The van der Waals surface area contributed by atoms with E-state index in [0.717, 1.165) is 11.1 Å². The van der Waals surface area contributed by atoms with Crippen molar-refractivity contribution in [3.8, 4) is 11.5 Å². The van der Waals surface area contributed by atoms with Crippen LogP contribution in [-0.4, -0.2) is 56.2 Å². The molecule has 1 saturated heterocycles. The number of hydrogen-bond acceptors (Lipinski definition) is 9. The van der Waals surface area contributed by atoms with Gasteiger partial charge in [-0.05, 0) is 66.7 Å². The molecule has 1 aliphatic rings. The van der Waals surface area contributed by atoms with E-state index in [2.05, 4.69) is 5.32 Å². The lowest BCUT2D eigenvalue weighted by Gasteiger charge is -2.45. The van der Waals surface area contributed by atoms with Crippen LogP contribution in [0, 0.1) is 0 Å². The van der Waals surface area contributed by atoms with Gasteiger partial charge in [0, 0.05) is 6.54 Å². The Hall–Kier alpha value is -5.32. The summed E-state index contributed by atoms with van der Waals surface area (Å²) in [7, 11) is 1.82. The highest BCUT2D eigenvalue weighted by molar-refractivity contribution is 5.91. The molecule has 256 valence electrons. The van der Waals surface area contributed by atoms with E-state index in [-0.39, 0.29) is 13.2 Å². The fourth-order valence-corrected chi connectivity index (χ4v) is 5.62. The zero-order valence-corrected chi connectivity index (χ0v) is 27.6. The second-order valence-corrected chi connectivity index (χ2v) is 11.7. The standard InChI is InChI=1S/C41H39NO8/c1-42-26-35-36(45-27-29-14-6-2-7-15-29)37(46-28-30-16-8-3-9-17-30)38(50-40(44)32-20-12-5-13-21-32)41(49-35)48-34-24-22-33(23-25-34)47-39(43)31-18-10-4-11-19-31/h2-25,35-38,41-42H,26-28H2,1H3/t35-,36+,37+,38-,41-/m1/s1. The average Bonchev–Trinajstić information content (AvgIpc) is 3.17. The molecule has 1 aliphatic heterocycles. The number of ether oxygens (including phenoxy) is 6. The van der Waals surface area contributed by atoms with Gasteiger partial charge in [0.2, 0.25) is 6.29 Å². The van der Waals surface area contributed by atoms with E-state index in [1.807, 2.05) is 79.8 Å². The Kier molecular flexibility index (Phi) is 12.0. The summed E-state index contributed by atoms with van der Waals surface area (Å²) >= 11 is 0. The zero-order chi connectivity index (χ0) is 34.5. The van der Waals surface area contributed by atoms with Crippen molar-refractivity contribution in [3.05, 3.63) is 168 Å². The van der Waals surface area contributed by atoms with E-state index in [1.54, 1.807) is 72.8 Å². The quantitative estimate of drug-likeness (QED) is 0.103. The van der Waals surface area contributed by atoms with Crippen LogP contribution < -0.4 is 14.8 Å². The Labute approximate surface area is 291 Å². The first-order valence-corrected chi connectivity index (χ1v) is 16.5. The molecule has 0 aliphatic carbocycles. The van der Waals surface area contributed by atoms with Gasteiger partial charge in [0.15, 0.2) is 6.10 Å². The predicted molar refractivity (Wildman–Crippen MR) is 187 cm³/mol. The number of hydrogen-bond donors (Lipinski definition) is 1. The van der Waals surface area contributed by atoms with Gasteiger partial charge < -0.3 is 33.7 Å². The van der Waals surface area contributed by atoms with Crippen molar-refractivity contribution in [1.29, 1.82) is 0 Å². The second-order valence-electron chi connectivity index (χ2n) is 11.7. The second kappa shape index (κ2) is 17.4. The Morgan fingerprint density at radius 2 is 1.06 bits per heavy atom. The van der Waals surface area contributed by atoms with Crippen LogP contribution in [0.25, 0.3) is 0 Å². The van der Waals surface area contributed by atoms with Crippen molar-refractivity contribution in [1.82, 2.24) is 5.32 Å². The highest BCUT2D eigenvalue weighted by atomic mass is 16.7. The summed E-state index contributed by atoms with van der Waals surface area (Å²) in [5.41, 5.74) is 2.73. The monoisotopic (exact) mass is 673 g/mol. The molecule has 1 N–H and O–H groups in total. The van der Waals surface area contributed by atoms with Gasteiger partial charge in [0.05, 0.1) is 24.3 Å². The number of esters is 2. The van der Waals surface area contributed by atoms with Crippen LogP contribution in [0.3, 0.4) is 0 Å². The fourth-order valence-electron chi connectivity index (χ4n) is 5.62.